The predicted octanol–water partition coefficient (Wildman–Crippen LogP) is 4.45. The number of ether oxygens (including phenoxy) is 2. The van der Waals surface area contributed by atoms with Crippen LogP contribution in [0.1, 0.15) is 15.9 Å². The van der Waals surface area contributed by atoms with E-state index in [9.17, 15) is 10.1 Å². The lowest BCUT2D eigenvalue weighted by atomic mass is 10.0. The van der Waals surface area contributed by atoms with E-state index in [1.54, 1.807) is 47.5 Å². The molecule has 0 aliphatic carbocycles. The molecule has 5 rings (SSSR count). The van der Waals surface area contributed by atoms with Crippen LogP contribution in [0.15, 0.2) is 84.8 Å². The van der Waals surface area contributed by atoms with Crippen LogP contribution in [0.3, 0.4) is 0 Å². The standard InChI is InChI=1S/C25H16N4O3/c26-13-19(25(30)17-8-9-22-23(12-17)32-16-31-22)11-20-15-29(21-6-2-1-3-7-21)28-24(20)18-5-4-10-27-14-18/h1-12,14-15H,16H2. The van der Waals surface area contributed by atoms with Crippen LogP contribution >= 0.6 is 0 Å². The molecule has 7 heteroatoms. The monoisotopic (exact) mass is 420 g/mol. The van der Waals surface area contributed by atoms with Crippen molar-refractivity contribution in [2.45, 2.75) is 0 Å². The maximum Gasteiger partial charge on any atom is 0.231 e. The van der Waals surface area contributed by atoms with Crippen LogP contribution in [0.5, 0.6) is 11.5 Å². The molecule has 4 aromatic rings. The highest BCUT2D eigenvalue weighted by atomic mass is 16.7. The molecule has 0 atom stereocenters. The number of pyridine rings is 1. The van der Waals surface area contributed by atoms with Gasteiger partial charge in [0.15, 0.2) is 11.5 Å². The molecule has 2 aromatic carbocycles. The fraction of sp³-hybridized carbons (Fsp3) is 0.0400. The molecular weight excluding hydrogens is 404 g/mol. The smallest absolute Gasteiger partial charge is 0.231 e. The highest BCUT2D eigenvalue weighted by molar-refractivity contribution is 6.14. The topological polar surface area (TPSA) is 90.0 Å². The summed E-state index contributed by atoms with van der Waals surface area (Å²) in [5, 5.41) is 14.5. The van der Waals surface area contributed by atoms with E-state index in [-0.39, 0.29) is 12.4 Å². The van der Waals surface area contributed by atoms with Crippen LogP contribution in [0, 0.1) is 11.3 Å². The van der Waals surface area contributed by atoms with Crippen LogP contribution in [0.25, 0.3) is 23.0 Å². The van der Waals surface area contributed by atoms with E-state index in [1.165, 1.54) is 0 Å². The summed E-state index contributed by atoms with van der Waals surface area (Å²) >= 11 is 0. The third-order valence-corrected chi connectivity index (χ3v) is 5.00. The van der Waals surface area contributed by atoms with Gasteiger partial charge in [-0.2, -0.15) is 10.4 Å². The number of nitriles is 1. The van der Waals surface area contributed by atoms with Crippen molar-refractivity contribution in [2.75, 3.05) is 6.79 Å². The van der Waals surface area contributed by atoms with Gasteiger partial charge in [0, 0.05) is 35.3 Å². The summed E-state index contributed by atoms with van der Waals surface area (Å²) in [5.41, 5.74) is 3.22. The Hall–Kier alpha value is -4.70. The Morgan fingerprint density at radius 3 is 2.69 bits per heavy atom. The average Bonchev–Trinajstić information content (AvgIpc) is 3.50. The van der Waals surface area contributed by atoms with Gasteiger partial charge >= 0.3 is 0 Å². The Bertz CT molecular complexity index is 1370. The largest absolute Gasteiger partial charge is 0.454 e. The number of benzene rings is 2. The second-order valence-electron chi connectivity index (χ2n) is 7.02. The lowest BCUT2D eigenvalue weighted by Crippen LogP contribution is -2.02. The van der Waals surface area contributed by atoms with Crippen LogP contribution < -0.4 is 9.47 Å². The number of rotatable bonds is 5. The molecule has 0 unspecified atom stereocenters. The van der Waals surface area contributed by atoms with Crippen molar-refractivity contribution in [1.29, 1.82) is 5.26 Å². The molecule has 2 aromatic heterocycles. The summed E-state index contributed by atoms with van der Waals surface area (Å²) in [6, 6.07) is 20.2. The van der Waals surface area contributed by atoms with Crippen molar-refractivity contribution in [3.8, 4) is 34.5 Å². The minimum atomic E-state index is -0.407. The molecule has 0 bridgehead atoms. The average molecular weight is 420 g/mol. The Kier molecular flexibility index (Phi) is 4.94. The number of carbonyl (C=O) groups excluding carboxylic acids is 1. The molecule has 1 aliphatic heterocycles. The van der Waals surface area contributed by atoms with Crippen LogP contribution in [0.2, 0.25) is 0 Å². The van der Waals surface area contributed by atoms with Gasteiger partial charge in [0.2, 0.25) is 12.6 Å². The number of nitrogens with zero attached hydrogens (tertiary/aromatic N) is 4. The second-order valence-corrected chi connectivity index (χ2v) is 7.02. The van der Waals surface area contributed by atoms with E-state index >= 15 is 0 Å². The number of hydrogen-bond donors (Lipinski definition) is 0. The van der Waals surface area contributed by atoms with E-state index < -0.39 is 5.78 Å². The first kappa shape index (κ1) is 19.3. The number of ketones is 1. The van der Waals surface area contributed by atoms with E-state index in [2.05, 4.69) is 4.98 Å². The number of Topliss-reactive ketones (excluding diaryl/α,β-unsaturated/α-hetero) is 1. The fourth-order valence-electron chi connectivity index (χ4n) is 3.43. The van der Waals surface area contributed by atoms with Gasteiger partial charge in [0.25, 0.3) is 0 Å². The molecule has 32 heavy (non-hydrogen) atoms. The molecule has 0 N–H and O–H groups in total. The van der Waals surface area contributed by atoms with E-state index in [4.69, 9.17) is 14.6 Å². The van der Waals surface area contributed by atoms with Crippen molar-refractivity contribution in [3.05, 3.63) is 96.0 Å². The molecule has 154 valence electrons. The van der Waals surface area contributed by atoms with Gasteiger partial charge in [-0.1, -0.05) is 18.2 Å². The molecule has 0 amide bonds. The SMILES string of the molecule is N#CC(=Cc1cn(-c2ccccc2)nc1-c1cccnc1)C(=O)c1ccc2c(c1)OCO2. The van der Waals surface area contributed by atoms with E-state index in [1.807, 2.05) is 48.5 Å². The van der Waals surface area contributed by atoms with Crippen molar-refractivity contribution in [1.82, 2.24) is 14.8 Å². The summed E-state index contributed by atoms with van der Waals surface area (Å²) in [5.74, 6) is 0.656. The number of fused-ring (bicyclic) bond motifs is 1. The normalized spacial score (nSPS) is 12.4. The second kappa shape index (κ2) is 8.20. The van der Waals surface area contributed by atoms with Crippen molar-refractivity contribution < 1.29 is 14.3 Å². The number of aromatic nitrogens is 3. The molecule has 0 saturated heterocycles. The lowest BCUT2D eigenvalue weighted by molar-refractivity contribution is 0.103. The molecular formula is C25H16N4O3. The predicted molar refractivity (Wildman–Crippen MR) is 117 cm³/mol. The maximum absolute atomic E-state index is 13.1. The number of allylic oxidation sites excluding steroid dienone is 1. The third-order valence-electron chi connectivity index (χ3n) is 5.00. The zero-order valence-corrected chi connectivity index (χ0v) is 16.8. The Morgan fingerprint density at radius 2 is 1.91 bits per heavy atom. The van der Waals surface area contributed by atoms with Gasteiger partial charge in [0.1, 0.15) is 17.3 Å². The van der Waals surface area contributed by atoms with Crippen LogP contribution in [-0.4, -0.2) is 27.3 Å². The van der Waals surface area contributed by atoms with Gasteiger partial charge in [-0.15, -0.1) is 0 Å². The van der Waals surface area contributed by atoms with Crippen LogP contribution in [0.4, 0.5) is 0 Å². The summed E-state index contributed by atoms with van der Waals surface area (Å²) in [6.45, 7) is 0.112. The maximum atomic E-state index is 13.1. The van der Waals surface area contributed by atoms with Gasteiger partial charge in [-0.25, -0.2) is 4.68 Å². The van der Waals surface area contributed by atoms with E-state index in [0.29, 0.717) is 28.3 Å². The van der Waals surface area contributed by atoms with Gasteiger partial charge < -0.3 is 9.47 Å². The minimum absolute atomic E-state index is 0.0124. The van der Waals surface area contributed by atoms with Crippen molar-refractivity contribution in [2.24, 2.45) is 0 Å². The van der Waals surface area contributed by atoms with Gasteiger partial charge in [0.05, 0.1) is 5.69 Å². The Morgan fingerprint density at radius 1 is 1.06 bits per heavy atom. The minimum Gasteiger partial charge on any atom is -0.454 e. The fourth-order valence-corrected chi connectivity index (χ4v) is 3.43. The lowest BCUT2D eigenvalue weighted by Gasteiger charge is -2.02. The first-order valence-electron chi connectivity index (χ1n) is 9.84. The number of para-hydroxylation sites is 1. The molecule has 3 heterocycles. The highest BCUT2D eigenvalue weighted by Crippen LogP contribution is 2.33. The number of hydrogen-bond acceptors (Lipinski definition) is 6. The molecule has 0 saturated carbocycles. The summed E-state index contributed by atoms with van der Waals surface area (Å²) in [6.07, 6.45) is 6.72. The summed E-state index contributed by atoms with van der Waals surface area (Å²) < 4.78 is 12.4. The van der Waals surface area contributed by atoms with Crippen molar-refractivity contribution in [3.63, 3.8) is 0 Å². The Balaban J connectivity index is 1.58. The molecule has 0 spiro atoms. The Labute approximate surface area is 183 Å². The molecule has 0 radical (unpaired) electrons. The third kappa shape index (κ3) is 3.61. The summed E-state index contributed by atoms with van der Waals surface area (Å²) in [4.78, 5) is 17.2. The molecule has 0 fully saturated rings. The molecule has 7 nitrogen and oxygen atoms in total. The highest BCUT2D eigenvalue weighted by Gasteiger charge is 2.20. The zero-order valence-electron chi connectivity index (χ0n) is 16.8. The first-order chi connectivity index (χ1) is 15.7. The van der Waals surface area contributed by atoms with Gasteiger partial charge in [-0.05, 0) is 48.5 Å². The van der Waals surface area contributed by atoms with Crippen molar-refractivity contribution >= 4 is 11.9 Å². The first-order valence-corrected chi connectivity index (χ1v) is 9.84. The number of carbonyl (C=O) groups is 1. The van der Waals surface area contributed by atoms with E-state index in [0.717, 1.165) is 11.3 Å². The zero-order chi connectivity index (χ0) is 21.9. The molecule has 1 aliphatic rings. The quantitative estimate of drug-likeness (QED) is 0.269. The van der Waals surface area contributed by atoms with Crippen LogP contribution in [-0.2, 0) is 0 Å². The summed E-state index contributed by atoms with van der Waals surface area (Å²) in [7, 11) is 0. The van der Waals surface area contributed by atoms with Gasteiger partial charge in [-0.3, -0.25) is 9.78 Å².